The van der Waals surface area contributed by atoms with Crippen LogP contribution in [-0.2, 0) is 10.9 Å². The number of hydrogen-bond donors (Lipinski definition) is 0. The molecule has 1 amide bonds. The van der Waals surface area contributed by atoms with E-state index in [1.54, 1.807) is 4.90 Å². The Morgan fingerprint density at radius 2 is 1.91 bits per heavy atom. The summed E-state index contributed by atoms with van der Waals surface area (Å²) in [6.07, 6.45) is -4.54. The van der Waals surface area contributed by atoms with E-state index in [1.807, 2.05) is 7.05 Å². The molecule has 2 heterocycles. The van der Waals surface area contributed by atoms with Crippen molar-refractivity contribution in [2.45, 2.75) is 12.2 Å². The predicted molar refractivity (Wildman–Crippen MR) is 78.1 cm³/mol. The maximum Gasteiger partial charge on any atom is 0.417 e. The molecule has 2 atom stereocenters. The van der Waals surface area contributed by atoms with Gasteiger partial charge in [-0.25, -0.2) is 0 Å². The molecule has 2 aliphatic heterocycles. The number of benzene rings is 1. The summed E-state index contributed by atoms with van der Waals surface area (Å²) in [5.74, 6) is -0.441. The number of fused-ring (bicyclic) bond motifs is 3. The number of carbonyl (C=O) groups is 1. The van der Waals surface area contributed by atoms with Crippen molar-refractivity contribution < 1.29 is 22.7 Å². The molecule has 3 rings (SSSR count). The number of halogens is 3. The molecule has 7 heteroatoms. The average Bonchev–Trinajstić information content (AvgIpc) is 2.75. The number of carbonyl (C=O) groups excluding carboxylic acids is 1. The highest BCUT2D eigenvalue weighted by Gasteiger charge is 2.39. The van der Waals surface area contributed by atoms with Crippen LogP contribution in [-0.4, -0.2) is 61.6 Å². The minimum atomic E-state index is -4.54. The first-order valence-electron chi connectivity index (χ1n) is 7.59. The molecule has 23 heavy (non-hydrogen) atoms. The number of hydrogen-bond acceptors (Lipinski definition) is 3. The molecule has 2 bridgehead atoms. The van der Waals surface area contributed by atoms with E-state index in [4.69, 9.17) is 4.74 Å². The van der Waals surface area contributed by atoms with Crippen LogP contribution in [0.2, 0.25) is 0 Å². The Balaban J connectivity index is 1.94. The molecule has 0 radical (unpaired) electrons. The third-order valence-corrected chi connectivity index (χ3v) is 4.38. The second-order valence-electron chi connectivity index (χ2n) is 6.28. The van der Waals surface area contributed by atoms with Crippen molar-refractivity contribution in [3.05, 3.63) is 35.4 Å². The maximum absolute atomic E-state index is 13.2. The molecule has 0 saturated carbocycles. The molecule has 126 valence electrons. The lowest BCUT2D eigenvalue weighted by Crippen LogP contribution is -2.46. The zero-order valence-electron chi connectivity index (χ0n) is 12.8. The molecule has 1 aromatic rings. The molecule has 2 aliphatic rings. The van der Waals surface area contributed by atoms with E-state index >= 15 is 0 Å². The van der Waals surface area contributed by atoms with Crippen molar-refractivity contribution in [3.63, 3.8) is 0 Å². The van der Waals surface area contributed by atoms with Crippen molar-refractivity contribution in [2.24, 2.45) is 5.92 Å². The highest BCUT2D eigenvalue weighted by Crippen LogP contribution is 2.33. The van der Waals surface area contributed by atoms with Gasteiger partial charge in [0.1, 0.15) is 0 Å². The highest BCUT2D eigenvalue weighted by atomic mass is 19.4. The first-order valence-corrected chi connectivity index (χ1v) is 7.59. The number of rotatable bonds is 1. The zero-order chi connectivity index (χ0) is 16.6. The summed E-state index contributed by atoms with van der Waals surface area (Å²) in [4.78, 5) is 16.5. The molecule has 4 nitrogen and oxygen atoms in total. The zero-order valence-corrected chi connectivity index (χ0v) is 12.8. The van der Waals surface area contributed by atoms with Gasteiger partial charge in [-0.1, -0.05) is 12.1 Å². The second kappa shape index (κ2) is 6.13. The van der Waals surface area contributed by atoms with Crippen LogP contribution < -0.4 is 0 Å². The topological polar surface area (TPSA) is 32.8 Å². The summed E-state index contributed by atoms with van der Waals surface area (Å²) in [7, 11) is 1.96. The first-order chi connectivity index (χ1) is 10.9. The summed E-state index contributed by atoms with van der Waals surface area (Å²) in [5, 5.41) is 0. The average molecular weight is 328 g/mol. The number of ether oxygens (including phenoxy) is 1. The summed E-state index contributed by atoms with van der Waals surface area (Å²) in [5.41, 5.74) is -1.16. The molecular formula is C16H19F3N2O2. The maximum atomic E-state index is 13.2. The Labute approximate surface area is 132 Å². The fourth-order valence-corrected chi connectivity index (χ4v) is 3.40. The van der Waals surface area contributed by atoms with Gasteiger partial charge in [0, 0.05) is 25.6 Å². The van der Waals surface area contributed by atoms with Crippen LogP contribution in [0.15, 0.2) is 24.3 Å². The van der Waals surface area contributed by atoms with Gasteiger partial charge >= 0.3 is 6.18 Å². The van der Waals surface area contributed by atoms with Crippen molar-refractivity contribution in [1.29, 1.82) is 0 Å². The number of amides is 1. The smallest absolute Gasteiger partial charge is 0.379 e. The third kappa shape index (κ3) is 3.35. The monoisotopic (exact) mass is 328 g/mol. The lowest BCUT2D eigenvalue weighted by Gasteiger charge is -2.30. The van der Waals surface area contributed by atoms with Crippen molar-refractivity contribution in [3.8, 4) is 0 Å². The summed E-state index contributed by atoms with van der Waals surface area (Å²) >= 11 is 0. The molecule has 0 aliphatic carbocycles. The molecular weight excluding hydrogens is 309 g/mol. The Morgan fingerprint density at radius 3 is 2.65 bits per heavy atom. The largest absolute Gasteiger partial charge is 0.417 e. The van der Waals surface area contributed by atoms with E-state index in [0.29, 0.717) is 26.3 Å². The standard InChI is InChI=1S/C16H19F3N2O2/c1-20-6-11-7-21(12(8-20)10-23-9-11)15(22)13-4-2-3-5-14(13)16(17,18)19/h2-5,11-12H,6-10H2,1H3/t11-,12-/m0/s1. The lowest BCUT2D eigenvalue weighted by molar-refractivity contribution is -0.138. The summed E-state index contributed by atoms with van der Waals surface area (Å²) < 4.78 is 45.1. The van der Waals surface area contributed by atoms with Crippen molar-refractivity contribution >= 4 is 5.91 Å². The van der Waals surface area contributed by atoms with E-state index in [1.165, 1.54) is 18.2 Å². The number of likely N-dealkylation sites (N-methyl/N-ethyl adjacent to an activating group) is 1. The van der Waals surface area contributed by atoms with Gasteiger partial charge in [-0.05, 0) is 19.2 Å². The van der Waals surface area contributed by atoms with Crippen LogP contribution in [0.5, 0.6) is 0 Å². The lowest BCUT2D eigenvalue weighted by atomic mass is 10.0. The third-order valence-electron chi connectivity index (χ3n) is 4.38. The van der Waals surface area contributed by atoms with Crippen LogP contribution in [0.3, 0.4) is 0 Å². The Bertz CT molecular complexity index is 591. The summed E-state index contributed by atoms with van der Waals surface area (Å²) in [6, 6.07) is 4.76. The fourth-order valence-electron chi connectivity index (χ4n) is 3.40. The highest BCUT2D eigenvalue weighted by molar-refractivity contribution is 5.96. The molecule has 1 aromatic carbocycles. The normalized spacial score (nSPS) is 26.0. The molecule has 2 saturated heterocycles. The van der Waals surface area contributed by atoms with Crippen LogP contribution in [0, 0.1) is 5.92 Å². The van der Waals surface area contributed by atoms with Crippen LogP contribution in [0.1, 0.15) is 15.9 Å². The van der Waals surface area contributed by atoms with Gasteiger partial charge in [0.2, 0.25) is 0 Å². The van der Waals surface area contributed by atoms with Crippen LogP contribution >= 0.6 is 0 Å². The van der Waals surface area contributed by atoms with Gasteiger partial charge in [-0.15, -0.1) is 0 Å². The van der Waals surface area contributed by atoms with Gasteiger partial charge in [0.15, 0.2) is 0 Å². The quantitative estimate of drug-likeness (QED) is 0.792. The minimum absolute atomic E-state index is 0.120. The fraction of sp³-hybridized carbons (Fsp3) is 0.562. The van der Waals surface area contributed by atoms with E-state index in [0.717, 1.165) is 12.6 Å². The van der Waals surface area contributed by atoms with Gasteiger partial charge in [0.25, 0.3) is 5.91 Å². The summed E-state index contributed by atoms with van der Waals surface area (Å²) in [6.45, 7) is 2.71. The molecule has 0 spiro atoms. The van der Waals surface area contributed by atoms with Crippen molar-refractivity contribution in [2.75, 3.05) is 39.9 Å². The van der Waals surface area contributed by atoms with Crippen LogP contribution in [0.4, 0.5) is 13.2 Å². The Kier molecular flexibility index (Phi) is 4.33. The van der Waals surface area contributed by atoms with E-state index in [2.05, 4.69) is 4.90 Å². The number of alkyl halides is 3. The van der Waals surface area contributed by atoms with E-state index < -0.39 is 17.6 Å². The van der Waals surface area contributed by atoms with Gasteiger partial charge in [-0.3, -0.25) is 4.79 Å². The van der Waals surface area contributed by atoms with E-state index in [9.17, 15) is 18.0 Å². The van der Waals surface area contributed by atoms with Gasteiger partial charge in [0.05, 0.1) is 30.4 Å². The minimum Gasteiger partial charge on any atom is -0.379 e. The SMILES string of the molecule is CN1C[C@@H]2COC[C@H](C1)N(C(=O)c1ccccc1C(F)(F)F)C2. The Hall–Kier alpha value is -1.60. The van der Waals surface area contributed by atoms with Crippen molar-refractivity contribution in [1.82, 2.24) is 9.80 Å². The first kappa shape index (κ1) is 16.3. The predicted octanol–water partition coefficient (Wildman–Crippen LogP) is 2.11. The second-order valence-corrected chi connectivity index (χ2v) is 6.28. The van der Waals surface area contributed by atoms with E-state index in [-0.39, 0.29) is 17.5 Å². The van der Waals surface area contributed by atoms with Gasteiger partial charge < -0.3 is 14.5 Å². The molecule has 0 N–H and O–H groups in total. The molecule has 0 aromatic heterocycles. The Morgan fingerprint density at radius 1 is 1.17 bits per heavy atom. The molecule has 0 unspecified atom stereocenters. The van der Waals surface area contributed by atoms with Crippen LogP contribution in [0.25, 0.3) is 0 Å². The number of nitrogens with zero attached hydrogens (tertiary/aromatic N) is 2. The molecule has 2 fully saturated rings. The van der Waals surface area contributed by atoms with Gasteiger partial charge in [-0.2, -0.15) is 13.2 Å².